The summed E-state index contributed by atoms with van der Waals surface area (Å²) in [7, 11) is 0. The van der Waals surface area contributed by atoms with E-state index in [0.717, 1.165) is 11.4 Å². The number of allylic oxidation sites excluding steroid dienone is 1. The van der Waals surface area contributed by atoms with Crippen molar-refractivity contribution < 1.29 is 0 Å². The monoisotopic (exact) mass is 1020 g/mol. The first-order valence-corrected chi connectivity index (χ1v) is 27.9. The van der Waals surface area contributed by atoms with Gasteiger partial charge in [-0.1, -0.05) is 183 Å². The molecule has 0 aliphatic rings. The second-order valence-electron chi connectivity index (χ2n) is 20.1. The third kappa shape index (κ3) is 7.51. The van der Waals surface area contributed by atoms with Crippen molar-refractivity contribution in [1.29, 1.82) is 0 Å². The predicted octanol–water partition coefficient (Wildman–Crippen LogP) is 21.3. The first-order valence-electron chi connectivity index (χ1n) is 26.2. The third-order valence-electron chi connectivity index (χ3n) is 15.7. The van der Waals surface area contributed by atoms with E-state index in [1.807, 2.05) is 17.4 Å². The second-order valence-corrected chi connectivity index (χ2v) is 22.3. The molecule has 0 spiro atoms. The Morgan fingerprint density at radius 2 is 0.844 bits per heavy atom. The molecular weight excluding hydrogens is 969 g/mol. The van der Waals surface area contributed by atoms with Gasteiger partial charge in [0, 0.05) is 73.6 Å². The van der Waals surface area contributed by atoms with Crippen LogP contribution in [0.5, 0.6) is 0 Å². The van der Waals surface area contributed by atoms with Gasteiger partial charge in [0.2, 0.25) is 0 Å². The van der Waals surface area contributed by atoms with Crippen LogP contribution in [-0.2, 0) is 0 Å². The van der Waals surface area contributed by atoms with Gasteiger partial charge < -0.3 is 9.13 Å². The van der Waals surface area contributed by atoms with Crippen molar-refractivity contribution >= 4 is 114 Å². The number of rotatable bonds is 9. The predicted molar refractivity (Wildman–Crippen MR) is 335 cm³/mol. The molecule has 0 N–H and O–H groups in total. The van der Waals surface area contributed by atoms with Gasteiger partial charge in [-0.3, -0.25) is 0 Å². The van der Waals surface area contributed by atoms with Crippen LogP contribution in [0, 0.1) is 0 Å². The lowest BCUT2D eigenvalue weighted by Crippen LogP contribution is -1.95. The summed E-state index contributed by atoms with van der Waals surface area (Å²) in [6, 6.07) is 91.6. The molecule has 0 aliphatic carbocycles. The Morgan fingerprint density at radius 1 is 0.364 bits per heavy atom. The molecule has 0 amide bonds. The van der Waals surface area contributed by atoms with Gasteiger partial charge in [0.15, 0.2) is 0 Å². The summed E-state index contributed by atoms with van der Waals surface area (Å²) in [5, 5.41) is 8.88. The Morgan fingerprint density at radius 3 is 1.48 bits per heavy atom. The average Bonchev–Trinajstić information content (AvgIpc) is 4.30. The van der Waals surface area contributed by atoms with E-state index in [0.29, 0.717) is 0 Å². The molecule has 4 heterocycles. The fourth-order valence-electron chi connectivity index (χ4n) is 12.0. The lowest BCUT2D eigenvalue weighted by Gasteiger charge is -2.12. The number of hydrogen-bond acceptors (Lipinski definition) is 2. The minimum absolute atomic E-state index is 1.13. The lowest BCUT2D eigenvalue weighted by molar-refractivity contribution is 1.18. The molecule has 77 heavy (non-hydrogen) atoms. The van der Waals surface area contributed by atoms with Crippen LogP contribution in [-0.4, -0.2) is 9.13 Å². The van der Waals surface area contributed by atoms with Gasteiger partial charge in [-0.05, 0) is 148 Å². The summed E-state index contributed by atoms with van der Waals surface area (Å²) in [6.45, 7) is 6.56. The van der Waals surface area contributed by atoms with Crippen molar-refractivity contribution in [3.05, 3.63) is 271 Å². The molecule has 0 atom stereocenters. The standard InChI is InChI=1S/C73H48N2S2/c1-3-70-64(65-44-53(36-38-72(65)76-70)49-18-12-17-48(40-49)51-20-14-23-55(42-51)74-66-31-8-4-25-58(66)59-26-5-9-32-67(59)74)39-46(2)47-35-37-61-60-27-6-10-33-68(60)75(69(61)45-47)56-24-15-21-52(43-56)50-19-13-22-54(41-50)57-29-16-30-63-62-28-7-11-34-71(62)77-73(57)63/h3-45H,1H2,2H3/b46-39+. The Balaban J connectivity index is 0.780. The first kappa shape index (κ1) is 45.1. The number of fused-ring (bicyclic) bond motifs is 10. The number of para-hydroxylation sites is 3. The van der Waals surface area contributed by atoms with Crippen LogP contribution in [0.1, 0.15) is 22.9 Å². The minimum atomic E-state index is 1.13. The normalized spacial score (nSPS) is 12.1. The molecule has 0 fully saturated rings. The third-order valence-corrected chi connectivity index (χ3v) is 18.1. The van der Waals surface area contributed by atoms with Crippen molar-refractivity contribution in [3.8, 4) is 55.9 Å². The zero-order valence-electron chi connectivity index (χ0n) is 42.2. The Labute approximate surface area is 454 Å². The number of hydrogen-bond donors (Lipinski definition) is 0. The van der Waals surface area contributed by atoms with Gasteiger partial charge in [-0.2, -0.15) is 0 Å². The van der Waals surface area contributed by atoms with Crippen molar-refractivity contribution in [2.75, 3.05) is 0 Å². The van der Waals surface area contributed by atoms with Crippen LogP contribution in [0.3, 0.4) is 0 Å². The highest BCUT2D eigenvalue weighted by molar-refractivity contribution is 7.26. The number of aromatic nitrogens is 2. The zero-order chi connectivity index (χ0) is 51.1. The van der Waals surface area contributed by atoms with Gasteiger partial charge in [0.1, 0.15) is 0 Å². The molecule has 0 radical (unpaired) electrons. The van der Waals surface area contributed by atoms with E-state index in [1.165, 1.54) is 140 Å². The quantitative estimate of drug-likeness (QED) is 0.136. The van der Waals surface area contributed by atoms with Crippen LogP contribution in [0.4, 0.5) is 0 Å². The first-order chi connectivity index (χ1) is 38.0. The molecule has 0 saturated carbocycles. The molecule has 0 saturated heterocycles. The van der Waals surface area contributed by atoms with Gasteiger partial charge in [-0.15, -0.1) is 22.7 Å². The van der Waals surface area contributed by atoms with Crippen LogP contribution in [0.15, 0.2) is 255 Å². The highest BCUT2D eigenvalue weighted by atomic mass is 32.1. The molecule has 0 aliphatic heterocycles. The largest absolute Gasteiger partial charge is 0.309 e. The molecule has 4 heteroatoms. The fraction of sp³-hybridized carbons (Fsp3) is 0.0137. The molecule has 0 unspecified atom stereocenters. The topological polar surface area (TPSA) is 9.86 Å². The van der Waals surface area contributed by atoms with Crippen LogP contribution in [0.2, 0.25) is 0 Å². The summed E-state index contributed by atoms with van der Waals surface area (Å²) >= 11 is 3.68. The average molecular weight is 1020 g/mol. The summed E-state index contributed by atoms with van der Waals surface area (Å²) in [6.07, 6.45) is 4.39. The van der Waals surface area contributed by atoms with Crippen molar-refractivity contribution in [1.82, 2.24) is 9.13 Å². The molecule has 4 aromatic heterocycles. The van der Waals surface area contributed by atoms with E-state index in [9.17, 15) is 0 Å². The molecule has 2 nitrogen and oxygen atoms in total. The van der Waals surface area contributed by atoms with Gasteiger partial charge >= 0.3 is 0 Å². The van der Waals surface area contributed by atoms with Crippen molar-refractivity contribution in [2.45, 2.75) is 6.92 Å². The molecule has 11 aromatic carbocycles. The summed E-state index contributed by atoms with van der Waals surface area (Å²) in [5.41, 5.74) is 20.3. The van der Waals surface area contributed by atoms with Crippen molar-refractivity contribution in [2.24, 2.45) is 0 Å². The maximum absolute atomic E-state index is 4.31. The van der Waals surface area contributed by atoms with E-state index >= 15 is 0 Å². The fourth-order valence-corrected chi connectivity index (χ4v) is 14.2. The molecule has 362 valence electrons. The lowest BCUT2D eigenvalue weighted by atomic mass is 9.96. The maximum Gasteiger partial charge on any atom is 0.0547 e. The Hall–Kier alpha value is -9.32. The van der Waals surface area contributed by atoms with E-state index in [2.05, 4.69) is 277 Å². The Bertz CT molecular complexity index is 4860. The van der Waals surface area contributed by atoms with E-state index in [-0.39, 0.29) is 0 Å². The van der Waals surface area contributed by atoms with Crippen LogP contribution in [0.25, 0.3) is 147 Å². The maximum atomic E-state index is 4.31. The molecular formula is C73H48N2S2. The van der Waals surface area contributed by atoms with Gasteiger partial charge in [0.25, 0.3) is 0 Å². The summed E-state index contributed by atoms with van der Waals surface area (Å²) in [5.74, 6) is 0. The number of nitrogens with zero attached hydrogens (tertiary/aromatic N) is 2. The molecule has 0 bridgehead atoms. The van der Waals surface area contributed by atoms with Crippen LogP contribution >= 0.6 is 22.7 Å². The van der Waals surface area contributed by atoms with Crippen LogP contribution < -0.4 is 0 Å². The summed E-state index contributed by atoms with van der Waals surface area (Å²) in [4.78, 5) is 1.17. The number of thiophene rings is 2. The van der Waals surface area contributed by atoms with Gasteiger partial charge in [0.05, 0.1) is 22.1 Å². The van der Waals surface area contributed by atoms with E-state index in [1.54, 1.807) is 11.3 Å². The Kier molecular flexibility index (Phi) is 10.7. The minimum Gasteiger partial charge on any atom is -0.309 e. The van der Waals surface area contributed by atoms with Gasteiger partial charge in [-0.25, -0.2) is 0 Å². The highest BCUT2D eigenvalue weighted by Crippen LogP contribution is 2.43. The SMILES string of the molecule is C=Cc1sc2ccc(-c3cccc(-c4cccc(-n5c6ccccc6c6ccccc65)c4)c3)cc2c1/C=C(\C)c1ccc2c3ccccc3n(-c3cccc(-c4cccc(-c5cccc6c5sc5ccccc56)c4)c3)c2c1. The van der Waals surface area contributed by atoms with E-state index < -0.39 is 0 Å². The summed E-state index contributed by atoms with van der Waals surface area (Å²) < 4.78 is 8.74. The smallest absolute Gasteiger partial charge is 0.0547 e. The molecule has 15 rings (SSSR count). The number of benzene rings is 11. The second kappa shape index (κ2) is 18.2. The molecule has 15 aromatic rings. The zero-order valence-corrected chi connectivity index (χ0v) is 43.9. The van der Waals surface area contributed by atoms with Crippen molar-refractivity contribution in [3.63, 3.8) is 0 Å². The highest BCUT2D eigenvalue weighted by Gasteiger charge is 2.18. The van der Waals surface area contributed by atoms with E-state index in [4.69, 9.17) is 0 Å².